The van der Waals surface area contributed by atoms with E-state index in [2.05, 4.69) is 0 Å². The van der Waals surface area contributed by atoms with Crippen LogP contribution < -0.4 is 10.3 Å². The predicted octanol–water partition coefficient (Wildman–Crippen LogP) is 2.45. The van der Waals surface area contributed by atoms with Crippen molar-refractivity contribution in [2.45, 2.75) is 20.4 Å². The van der Waals surface area contributed by atoms with Gasteiger partial charge in [-0.25, -0.2) is 0 Å². The van der Waals surface area contributed by atoms with E-state index in [1.54, 1.807) is 6.92 Å². The van der Waals surface area contributed by atoms with Gasteiger partial charge in [0.2, 0.25) is 0 Å². The Hall–Kier alpha value is -2.63. The van der Waals surface area contributed by atoms with Gasteiger partial charge in [-0.3, -0.25) is 14.9 Å². The summed E-state index contributed by atoms with van der Waals surface area (Å²) in [6.45, 7) is 4.05. The normalized spacial score (nSPS) is 10.4. The van der Waals surface area contributed by atoms with Crippen molar-refractivity contribution in [2.75, 3.05) is 6.61 Å². The van der Waals surface area contributed by atoms with Gasteiger partial charge in [-0.15, -0.1) is 0 Å². The van der Waals surface area contributed by atoms with Crippen molar-refractivity contribution in [3.8, 4) is 5.75 Å². The molecule has 0 fully saturated rings. The molecule has 6 nitrogen and oxygen atoms in total. The smallest absolute Gasteiger partial charge is 0.288 e. The van der Waals surface area contributed by atoms with Crippen molar-refractivity contribution in [2.24, 2.45) is 0 Å². The maximum absolute atomic E-state index is 11.8. The third-order valence-corrected chi connectivity index (χ3v) is 3.12. The van der Waals surface area contributed by atoms with Gasteiger partial charge in [-0.1, -0.05) is 17.7 Å². The third kappa shape index (κ3) is 3.68. The summed E-state index contributed by atoms with van der Waals surface area (Å²) in [4.78, 5) is 22.2. The Labute approximate surface area is 121 Å². The van der Waals surface area contributed by atoms with Crippen LogP contribution in [0.1, 0.15) is 11.1 Å². The number of benzene rings is 1. The molecule has 0 saturated carbocycles. The van der Waals surface area contributed by atoms with Gasteiger partial charge in [0.15, 0.2) is 0 Å². The first-order valence-electron chi connectivity index (χ1n) is 6.52. The molecule has 0 aliphatic rings. The van der Waals surface area contributed by atoms with Crippen molar-refractivity contribution in [1.82, 2.24) is 4.57 Å². The molecule has 0 radical (unpaired) electrons. The van der Waals surface area contributed by atoms with E-state index < -0.39 is 4.92 Å². The summed E-state index contributed by atoms with van der Waals surface area (Å²) in [6, 6.07) is 8.81. The molecule has 2 aromatic rings. The van der Waals surface area contributed by atoms with Crippen molar-refractivity contribution < 1.29 is 9.66 Å². The van der Waals surface area contributed by atoms with Crippen LogP contribution >= 0.6 is 0 Å². The molecule has 0 aliphatic heterocycles. The Morgan fingerprint density at radius 3 is 2.52 bits per heavy atom. The molecule has 21 heavy (non-hydrogen) atoms. The number of hydrogen-bond acceptors (Lipinski definition) is 4. The second-order valence-corrected chi connectivity index (χ2v) is 4.79. The van der Waals surface area contributed by atoms with Gasteiger partial charge in [-0.2, -0.15) is 0 Å². The number of pyridine rings is 1. The van der Waals surface area contributed by atoms with Crippen LogP contribution in [0.25, 0.3) is 0 Å². The molecule has 0 amide bonds. The van der Waals surface area contributed by atoms with Crippen molar-refractivity contribution >= 4 is 5.69 Å². The van der Waals surface area contributed by atoms with Crippen molar-refractivity contribution in [3.63, 3.8) is 0 Å². The topological polar surface area (TPSA) is 74.4 Å². The fraction of sp³-hybridized carbons (Fsp3) is 0.267. The Bertz CT molecular complexity index is 705. The highest BCUT2D eigenvalue weighted by molar-refractivity contribution is 5.35. The van der Waals surface area contributed by atoms with Crippen molar-refractivity contribution in [1.29, 1.82) is 0 Å². The maximum atomic E-state index is 11.8. The summed E-state index contributed by atoms with van der Waals surface area (Å²) >= 11 is 0. The lowest BCUT2D eigenvalue weighted by Gasteiger charge is -2.09. The fourth-order valence-corrected chi connectivity index (χ4v) is 1.92. The molecule has 6 heteroatoms. The first-order chi connectivity index (χ1) is 9.97. The van der Waals surface area contributed by atoms with Crippen LogP contribution in [0.15, 0.2) is 41.3 Å². The molecule has 1 aromatic carbocycles. The summed E-state index contributed by atoms with van der Waals surface area (Å²) in [7, 11) is 0. The first kappa shape index (κ1) is 14.8. The minimum atomic E-state index is -0.494. The number of ether oxygens (including phenoxy) is 1. The van der Waals surface area contributed by atoms with E-state index in [1.165, 1.54) is 16.8 Å². The minimum Gasteiger partial charge on any atom is -0.492 e. The molecule has 0 saturated heterocycles. The zero-order valence-corrected chi connectivity index (χ0v) is 11.9. The molecule has 0 spiro atoms. The number of aryl methyl sites for hydroxylation is 2. The summed E-state index contributed by atoms with van der Waals surface area (Å²) < 4.78 is 6.81. The highest BCUT2D eigenvalue weighted by atomic mass is 16.6. The van der Waals surface area contributed by atoms with E-state index >= 15 is 0 Å². The van der Waals surface area contributed by atoms with Gasteiger partial charge < -0.3 is 9.30 Å². The van der Waals surface area contributed by atoms with Crippen LogP contribution in [0.5, 0.6) is 5.75 Å². The van der Waals surface area contributed by atoms with Gasteiger partial charge in [-0.05, 0) is 26.0 Å². The quantitative estimate of drug-likeness (QED) is 0.625. The zero-order chi connectivity index (χ0) is 15.4. The lowest BCUT2D eigenvalue weighted by atomic mass is 10.2. The van der Waals surface area contributed by atoms with E-state index in [0.29, 0.717) is 11.3 Å². The Morgan fingerprint density at radius 2 is 1.90 bits per heavy atom. The van der Waals surface area contributed by atoms with Gasteiger partial charge in [0.1, 0.15) is 12.4 Å². The predicted molar refractivity (Wildman–Crippen MR) is 78.8 cm³/mol. The minimum absolute atomic E-state index is 0.0649. The highest BCUT2D eigenvalue weighted by Gasteiger charge is 2.13. The SMILES string of the molecule is Cc1ccc(OCCn2cc([N+](=O)[O-])c(C)cc2=O)cc1. The molecule has 0 unspecified atom stereocenters. The number of aromatic nitrogens is 1. The summed E-state index contributed by atoms with van der Waals surface area (Å²) in [5.41, 5.74) is 1.16. The second kappa shape index (κ2) is 6.21. The molecule has 110 valence electrons. The van der Waals surface area contributed by atoms with Crippen LogP contribution in [-0.4, -0.2) is 16.1 Å². The van der Waals surface area contributed by atoms with Crippen LogP contribution in [-0.2, 0) is 6.54 Å². The van der Waals surface area contributed by atoms with E-state index in [1.807, 2.05) is 31.2 Å². The van der Waals surface area contributed by atoms with E-state index in [9.17, 15) is 14.9 Å². The molecule has 0 N–H and O–H groups in total. The van der Waals surface area contributed by atoms with Gasteiger partial charge in [0, 0.05) is 11.6 Å². The van der Waals surface area contributed by atoms with E-state index in [-0.39, 0.29) is 24.4 Å². The van der Waals surface area contributed by atoms with Gasteiger partial charge in [0.05, 0.1) is 17.7 Å². The second-order valence-electron chi connectivity index (χ2n) is 4.79. The van der Waals surface area contributed by atoms with Crippen LogP contribution in [0, 0.1) is 24.0 Å². The third-order valence-electron chi connectivity index (χ3n) is 3.12. The van der Waals surface area contributed by atoms with E-state index in [4.69, 9.17) is 4.74 Å². The molecule has 0 bridgehead atoms. The average molecular weight is 288 g/mol. The van der Waals surface area contributed by atoms with Crippen LogP contribution in [0.2, 0.25) is 0 Å². The van der Waals surface area contributed by atoms with Gasteiger partial charge >= 0.3 is 0 Å². The summed E-state index contributed by atoms with van der Waals surface area (Å²) in [5.74, 6) is 0.704. The largest absolute Gasteiger partial charge is 0.492 e. The van der Waals surface area contributed by atoms with E-state index in [0.717, 1.165) is 5.56 Å². The first-order valence-corrected chi connectivity index (χ1v) is 6.52. The monoisotopic (exact) mass is 288 g/mol. The molecular weight excluding hydrogens is 272 g/mol. The number of nitro groups is 1. The lowest BCUT2D eigenvalue weighted by molar-refractivity contribution is -0.385. The van der Waals surface area contributed by atoms with Crippen LogP contribution in [0.4, 0.5) is 5.69 Å². The summed E-state index contributed by atoms with van der Waals surface area (Å²) in [5, 5.41) is 10.9. The molecule has 1 heterocycles. The number of nitrogens with zero attached hydrogens (tertiary/aromatic N) is 2. The highest BCUT2D eigenvalue weighted by Crippen LogP contribution is 2.14. The summed E-state index contributed by atoms with van der Waals surface area (Å²) in [6.07, 6.45) is 1.26. The average Bonchev–Trinajstić information content (AvgIpc) is 2.43. The fourth-order valence-electron chi connectivity index (χ4n) is 1.92. The zero-order valence-electron chi connectivity index (χ0n) is 11.9. The van der Waals surface area contributed by atoms with Gasteiger partial charge in [0.25, 0.3) is 11.2 Å². The van der Waals surface area contributed by atoms with Crippen LogP contribution in [0.3, 0.4) is 0 Å². The molecule has 0 atom stereocenters. The Morgan fingerprint density at radius 1 is 1.24 bits per heavy atom. The van der Waals surface area contributed by atoms with Crippen molar-refractivity contribution in [3.05, 3.63) is 68.1 Å². The number of rotatable bonds is 5. The molecule has 0 aliphatic carbocycles. The Balaban J connectivity index is 2.06. The maximum Gasteiger partial charge on any atom is 0.288 e. The Kier molecular flexibility index (Phi) is 4.37. The molecule has 1 aromatic heterocycles. The molecular formula is C15H16N2O4. The molecule has 2 rings (SSSR count). The number of hydrogen-bond donors (Lipinski definition) is 0. The standard InChI is InChI=1S/C15H16N2O4/c1-11-3-5-13(6-4-11)21-8-7-16-10-14(17(19)20)12(2)9-15(16)18/h3-6,9-10H,7-8H2,1-2H3. The lowest BCUT2D eigenvalue weighted by Crippen LogP contribution is -2.23.